The maximum Gasteiger partial charge on any atom is 0.327 e. The van der Waals surface area contributed by atoms with Crippen molar-refractivity contribution in [1.29, 1.82) is 0 Å². The van der Waals surface area contributed by atoms with Crippen LogP contribution in [0.1, 0.15) is 60.9 Å². The lowest BCUT2D eigenvalue weighted by Crippen LogP contribution is -2.48. The molecule has 17 heteroatoms. The summed E-state index contributed by atoms with van der Waals surface area (Å²) in [5, 5.41) is 20.8. The molecule has 1 atom stereocenters. The Bertz CT molecular complexity index is 1900. The molecule has 1 aliphatic rings. The second-order valence-electron chi connectivity index (χ2n) is 12.4. The van der Waals surface area contributed by atoms with Crippen LogP contribution in [-0.4, -0.2) is 75.1 Å². The molecule has 0 spiro atoms. The predicted octanol–water partition coefficient (Wildman–Crippen LogP) is 0.883. The van der Waals surface area contributed by atoms with Crippen LogP contribution in [0.3, 0.4) is 0 Å². The van der Waals surface area contributed by atoms with E-state index in [-0.39, 0.29) is 54.7 Å². The van der Waals surface area contributed by atoms with Crippen LogP contribution in [0.15, 0.2) is 38.8 Å². The third kappa shape index (κ3) is 10.7. The van der Waals surface area contributed by atoms with Crippen molar-refractivity contribution in [1.82, 2.24) is 20.3 Å². The zero-order valence-electron chi connectivity index (χ0n) is 28.7. The number of ether oxygens (including phenoxy) is 1. The summed E-state index contributed by atoms with van der Waals surface area (Å²) < 4.78 is 34.5. The van der Waals surface area contributed by atoms with Gasteiger partial charge in [0.05, 0.1) is 11.5 Å². The highest BCUT2D eigenvalue weighted by molar-refractivity contribution is 7.89. The number of benzene rings is 1. The highest BCUT2D eigenvalue weighted by Gasteiger charge is 2.26. The summed E-state index contributed by atoms with van der Waals surface area (Å²) in [6.07, 6.45) is 4.56. The van der Waals surface area contributed by atoms with Crippen LogP contribution in [0.5, 0.6) is 5.75 Å². The van der Waals surface area contributed by atoms with E-state index in [0.717, 1.165) is 30.9 Å². The second kappa shape index (κ2) is 17.8. The number of hydrogen-bond donors (Lipinski definition) is 7. The highest BCUT2D eigenvalue weighted by Crippen LogP contribution is 2.26. The van der Waals surface area contributed by atoms with Crippen molar-refractivity contribution in [3.8, 4) is 5.75 Å². The first-order chi connectivity index (χ1) is 24.3. The Morgan fingerprint density at radius 2 is 1.75 bits per heavy atom. The van der Waals surface area contributed by atoms with Crippen LogP contribution in [0.2, 0.25) is 0 Å². The molecule has 3 aromatic rings. The molecule has 0 bridgehead atoms. The molecular weight excluding hydrogens is 682 g/mol. The average Bonchev–Trinajstić information content (AvgIpc) is 3.09. The predicted molar refractivity (Wildman–Crippen MR) is 191 cm³/mol. The molecule has 2 amide bonds. The smallest absolute Gasteiger partial charge is 0.327 e. The summed E-state index contributed by atoms with van der Waals surface area (Å²) in [6, 6.07) is 5.66. The number of carbonyl (C=O) groups excluding carboxylic acids is 2. The number of nitrogen functional groups attached to an aromatic ring is 1. The minimum absolute atomic E-state index is 0.0326. The van der Waals surface area contributed by atoms with E-state index in [4.69, 9.17) is 10.5 Å². The molecule has 16 nitrogen and oxygen atoms in total. The van der Waals surface area contributed by atoms with Gasteiger partial charge in [0.15, 0.2) is 0 Å². The number of amides is 2. The zero-order valence-corrected chi connectivity index (χ0v) is 29.5. The van der Waals surface area contributed by atoms with Gasteiger partial charge in [-0.2, -0.15) is 0 Å². The number of aromatic nitrogens is 1. The summed E-state index contributed by atoms with van der Waals surface area (Å²) in [6.45, 7) is 4.13. The van der Waals surface area contributed by atoms with Gasteiger partial charge in [-0.05, 0) is 87.3 Å². The molecule has 0 saturated heterocycles. The van der Waals surface area contributed by atoms with Crippen LogP contribution in [0.4, 0.5) is 17.2 Å². The maximum absolute atomic E-state index is 13.2. The summed E-state index contributed by atoms with van der Waals surface area (Å²) in [4.78, 5) is 63.6. The zero-order chi connectivity index (χ0) is 37.1. The van der Waals surface area contributed by atoms with Crippen molar-refractivity contribution in [2.75, 3.05) is 49.2 Å². The van der Waals surface area contributed by atoms with Crippen molar-refractivity contribution in [2.45, 2.75) is 76.2 Å². The average molecular weight is 728 g/mol. The van der Waals surface area contributed by atoms with E-state index < -0.39 is 45.3 Å². The lowest BCUT2D eigenvalue weighted by molar-refractivity contribution is -0.141. The van der Waals surface area contributed by atoms with Crippen molar-refractivity contribution in [3.05, 3.63) is 67.1 Å². The third-order valence-corrected chi connectivity index (χ3v) is 10.1. The van der Waals surface area contributed by atoms with E-state index in [2.05, 4.69) is 37.0 Å². The molecule has 8 N–H and O–H groups in total. The van der Waals surface area contributed by atoms with Gasteiger partial charge in [0.25, 0.3) is 10.9 Å². The normalized spacial score (nSPS) is 13.1. The number of nitrogens with one attached hydrogen (secondary N) is 5. The van der Waals surface area contributed by atoms with Crippen LogP contribution >= 0.6 is 0 Å². The number of anilines is 3. The molecule has 1 aromatic heterocycles. The Kier molecular flexibility index (Phi) is 13.5. The van der Waals surface area contributed by atoms with Crippen LogP contribution in [0.25, 0.3) is 0 Å². The van der Waals surface area contributed by atoms with Crippen molar-refractivity contribution in [3.63, 3.8) is 0 Å². The number of pyridine rings is 1. The monoisotopic (exact) mass is 727 g/mol. The van der Waals surface area contributed by atoms with Crippen molar-refractivity contribution >= 4 is 45.0 Å². The molecule has 276 valence electrons. The minimum Gasteiger partial charge on any atom is -0.494 e. The number of hydrogen-bond acceptors (Lipinski definition) is 12. The molecule has 0 saturated carbocycles. The second-order valence-corrected chi connectivity index (χ2v) is 14.1. The Balaban J connectivity index is 1.17. The Morgan fingerprint density at radius 1 is 1.02 bits per heavy atom. The SMILES string of the molecule is Cc1cc(OCCCC(=O)NCCNc2c(N)c(=O)c2=O)cc(C)c1S(=O)(=O)NCC(NC(=O)CCCCc1ccc2c(n1)NCCC2)C(=O)O. The first-order valence-electron chi connectivity index (χ1n) is 16.8. The van der Waals surface area contributed by atoms with E-state index in [0.29, 0.717) is 42.6 Å². The van der Waals surface area contributed by atoms with Crippen molar-refractivity contribution < 1.29 is 32.6 Å². The molecule has 1 aliphatic heterocycles. The highest BCUT2D eigenvalue weighted by atomic mass is 32.2. The van der Waals surface area contributed by atoms with E-state index in [1.807, 2.05) is 6.07 Å². The topological polar surface area (TPSA) is 248 Å². The van der Waals surface area contributed by atoms with Crippen molar-refractivity contribution in [2.24, 2.45) is 0 Å². The van der Waals surface area contributed by atoms with Crippen LogP contribution in [-0.2, 0) is 37.2 Å². The molecule has 0 aliphatic carbocycles. The van der Waals surface area contributed by atoms with Gasteiger partial charge in [0.1, 0.15) is 29.0 Å². The number of fused-ring (bicyclic) bond motifs is 1. The van der Waals surface area contributed by atoms with Gasteiger partial charge in [-0.25, -0.2) is 22.9 Å². The fourth-order valence-corrected chi connectivity index (χ4v) is 7.23. The minimum atomic E-state index is -4.16. The summed E-state index contributed by atoms with van der Waals surface area (Å²) in [7, 11) is -4.16. The van der Waals surface area contributed by atoms with Gasteiger partial charge in [-0.1, -0.05) is 6.07 Å². The molecule has 0 fully saturated rings. The Labute approximate surface area is 295 Å². The largest absolute Gasteiger partial charge is 0.494 e. The maximum atomic E-state index is 13.2. The van der Waals surface area contributed by atoms with Crippen LogP contribution < -0.4 is 47.3 Å². The molecule has 51 heavy (non-hydrogen) atoms. The summed E-state index contributed by atoms with van der Waals surface area (Å²) >= 11 is 0. The number of aliphatic carboxylic acids is 1. The lowest BCUT2D eigenvalue weighted by Gasteiger charge is -2.18. The number of carbonyl (C=O) groups is 3. The quantitative estimate of drug-likeness (QED) is 0.0632. The Hall–Kier alpha value is -5.03. The van der Waals surface area contributed by atoms with Gasteiger partial charge in [0.2, 0.25) is 21.8 Å². The number of sulfonamides is 1. The standard InChI is InChI=1S/C34H45N7O9S/c1-20-17-24(50-16-6-10-26(42)36-14-15-37-29-28(35)30(44)31(29)45)18-21(2)32(20)51(48,49)39-19-25(34(46)47)41-27(43)9-4-3-8-23-12-11-22-7-5-13-38-33(22)40-23/h11-12,17-18,25,37,39H,3-10,13-16,19,35H2,1-2H3,(H,36,42)(H,38,40)(H,41,43)(H,46,47). The number of carboxylic acid groups (broad SMARTS) is 1. The fraction of sp³-hybridized carbons (Fsp3) is 0.471. The van der Waals surface area contributed by atoms with Gasteiger partial charge in [0, 0.05) is 44.7 Å². The molecule has 0 radical (unpaired) electrons. The lowest BCUT2D eigenvalue weighted by atomic mass is 10.1. The van der Waals surface area contributed by atoms with Gasteiger partial charge in [-0.15, -0.1) is 0 Å². The van der Waals surface area contributed by atoms with Gasteiger partial charge in [-0.3, -0.25) is 19.2 Å². The molecular formula is C34H45N7O9S. The molecule has 2 heterocycles. The van der Waals surface area contributed by atoms with Crippen LogP contribution in [0, 0.1) is 13.8 Å². The third-order valence-electron chi connectivity index (χ3n) is 8.37. The molecule has 4 rings (SSSR count). The number of unbranched alkanes of at least 4 members (excludes halogenated alkanes) is 1. The van der Waals surface area contributed by atoms with E-state index >= 15 is 0 Å². The first kappa shape index (κ1) is 38.8. The van der Waals surface area contributed by atoms with E-state index in [1.165, 1.54) is 17.7 Å². The number of rotatable bonds is 20. The number of nitrogens with zero attached hydrogens (tertiary/aromatic N) is 1. The first-order valence-corrected chi connectivity index (χ1v) is 18.3. The van der Waals surface area contributed by atoms with E-state index in [1.54, 1.807) is 13.8 Å². The number of carboxylic acids is 1. The number of nitrogens with two attached hydrogens (primary N) is 1. The summed E-state index contributed by atoms with van der Waals surface area (Å²) in [5.74, 6) is -0.802. The molecule has 1 unspecified atom stereocenters. The fourth-order valence-electron chi connectivity index (χ4n) is 5.73. The molecule has 2 aromatic carbocycles. The van der Waals surface area contributed by atoms with Gasteiger partial charge < -0.3 is 36.8 Å². The van der Waals surface area contributed by atoms with E-state index in [9.17, 15) is 37.5 Å². The Morgan fingerprint density at radius 3 is 2.45 bits per heavy atom. The summed E-state index contributed by atoms with van der Waals surface area (Å²) in [5.41, 5.74) is 6.84. The van der Waals surface area contributed by atoms with Gasteiger partial charge >= 0.3 is 5.97 Å². The number of aryl methyl sites for hydroxylation is 4.